The van der Waals surface area contributed by atoms with E-state index in [2.05, 4.69) is 10.6 Å². The second kappa shape index (κ2) is 6.16. The van der Waals surface area contributed by atoms with E-state index in [4.69, 9.17) is 11.6 Å². The molecule has 1 fully saturated rings. The van der Waals surface area contributed by atoms with Gasteiger partial charge in [-0.1, -0.05) is 11.6 Å². The van der Waals surface area contributed by atoms with Crippen molar-refractivity contribution in [1.29, 1.82) is 0 Å². The molecule has 6 heteroatoms. The first-order valence-electron chi connectivity index (χ1n) is 5.74. The van der Waals surface area contributed by atoms with Gasteiger partial charge in [-0.15, -0.1) is 0 Å². The molecule has 0 radical (unpaired) electrons. The fourth-order valence-corrected chi connectivity index (χ4v) is 2.64. The Morgan fingerprint density at radius 3 is 3.00 bits per heavy atom. The molecule has 1 aromatic carbocycles. The molecule has 2 N–H and O–H groups in total. The third-order valence-electron chi connectivity index (χ3n) is 2.89. The van der Waals surface area contributed by atoms with Crippen molar-refractivity contribution in [3.05, 3.63) is 32.1 Å². The van der Waals surface area contributed by atoms with E-state index >= 15 is 0 Å². The van der Waals surface area contributed by atoms with E-state index in [1.165, 1.54) is 12.1 Å². The summed E-state index contributed by atoms with van der Waals surface area (Å²) in [7, 11) is 0. The molecule has 0 aliphatic carbocycles. The molecule has 1 saturated heterocycles. The average molecular weight is 383 g/mol. The van der Waals surface area contributed by atoms with E-state index < -0.39 is 5.82 Å². The van der Waals surface area contributed by atoms with Gasteiger partial charge in [-0.3, -0.25) is 4.79 Å². The van der Waals surface area contributed by atoms with Crippen molar-refractivity contribution in [3.8, 4) is 0 Å². The van der Waals surface area contributed by atoms with Gasteiger partial charge in [0, 0.05) is 16.2 Å². The molecule has 0 spiro atoms. The number of amides is 1. The van der Waals surface area contributed by atoms with Crippen LogP contribution in [0.1, 0.15) is 23.2 Å². The molecule has 2 rings (SSSR count). The molecule has 1 aliphatic rings. The Kier molecular flexibility index (Phi) is 4.80. The second-order valence-corrected chi connectivity index (χ2v) is 5.83. The molecule has 1 heterocycles. The lowest BCUT2D eigenvalue weighted by Gasteiger charge is -2.24. The molecule has 18 heavy (non-hydrogen) atoms. The Morgan fingerprint density at radius 1 is 1.56 bits per heavy atom. The summed E-state index contributed by atoms with van der Waals surface area (Å²) >= 11 is 7.74. The molecular weight excluding hydrogens is 370 g/mol. The Hall–Kier alpha value is -0.400. The number of benzene rings is 1. The Labute approximate surface area is 124 Å². The normalized spacial score (nSPS) is 19.6. The number of nitrogens with one attached hydrogen (secondary N) is 2. The topological polar surface area (TPSA) is 41.1 Å². The van der Waals surface area contributed by atoms with Crippen LogP contribution in [0.5, 0.6) is 0 Å². The van der Waals surface area contributed by atoms with Gasteiger partial charge in [0.15, 0.2) is 0 Å². The van der Waals surface area contributed by atoms with E-state index in [9.17, 15) is 9.18 Å². The molecule has 0 bridgehead atoms. The van der Waals surface area contributed by atoms with Crippen molar-refractivity contribution in [1.82, 2.24) is 10.6 Å². The molecule has 1 unspecified atom stereocenters. The summed E-state index contributed by atoms with van der Waals surface area (Å²) in [6, 6.07) is 2.77. The lowest BCUT2D eigenvalue weighted by Crippen LogP contribution is -2.45. The quantitative estimate of drug-likeness (QED) is 0.610. The van der Waals surface area contributed by atoms with Crippen molar-refractivity contribution < 1.29 is 9.18 Å². The molecule has 3 nitrogen and oxygen atoms in total. The Morgan fingerprint density at radius 2 is 2.33 bits per heavy atom. The minimum Gasteiger partial charge on any atom is -0.348 e. The number of carbonyl (C=O) groups is 1. The smallest absolute Gasteiger partial charge is 0.253 e. The first-order valence-corrected chi connectivity index (χ1v) is 7.19. The first-order chi connectivity index (χ1) is 8.58. The lowest BCUT2D eigenvalue weighted by molar-refractivity contribution is 0.0930. The SMILES string of the molecule is O=C(NC1CCCNC1)c1cc(I)c(F)cc1Cl. The number of rotatable bonds is 2. The Bertz CT molecular complexity index is 464. The van der Waals surface area contributed by atoms with Gasteiger partial charge in [0.2, 0.25) is 0 Å². The van der Waals surface area contributed by atoms with Crippen molar-refractivity contribution in [2.24, 2.45) is 0 Å². The number of hydrogen-bond acceptors (Lipinski definition) is 2. The van der Waals surface area contributed by atoms with Crippen LogP contribution < -0.4 is 10.6 Å². The zero-order valence-electron chi connectivity index (χ0n) is 9.60. The second-order valence-electron chi connectivity index (χ2n) is 4.26. The van der Waals surface area contributed by atoms with Gasteiger partial charge in [0.1, 0.15) is 5.82 Å². The van der Waals surface area contributed by atoms with Crippen molar-refractivity contribution in [2.75, 3.05) is 13.1 Å². The van der Waals surface area contributed by atoms with Crippen LogP contribution in [0.4, 0.5) is 4.39 Å². The van der Waals surface area contributed by atoms with Crippen molar-refractivity contribution in [3.63, 3.8) is 0 Å². The predicted octanol–water partition coefficient (Wildman–Crippen LogP) is 2.57. The molecule has 1 amide bonds. The first kappa shape index (κ1) is 14.0. The van der Waals surface area contributed by atoms with Gasteiger partial charge in [0.05, 0.1) is 10.6 Å². The summed E-state index contributed by atoms with van der Waals surface area (Å²) in [6.45, 7) is 1.75. The zero-order chi connectivity index (χ0) is 13.1. The standard InChI is InChI=1S/C12H13ClFIN2O/c13-9-5-10(14)11(15)4-8(9)12(18)17-7-2-1-3-16-6-7/h4-5,7,16H,1-3,6H2,(H,17,18). The average Bonchev–Trinajstić information content (AvgIpc) is 2.35. The largest absolute Gasteiger partial charge is 0.348 e. The van der Waals surface area contributed by atoms with Crippen LogP contribution in [0.15, 0.2) is 12.1 Å². The van der Waals surface area contributed by atoms with Crippen LogP contribution in [0, 0.1) is 9.39 Å². The predicted molar refractivity (Wildman–Crippen MR) is 77.5 cm³/mol. The fourth-order valence-electron chi connectivity index (χ4n) is 1.93. The molecule has 1 aromatic rings. The molecule has 1 aliphatic heterocycles. The van der Waals surface area contributed by atoms with Crippen LogP contribution in [0.3, 0.4) is 0 Å². The molecular formula is C12H13ClFIN2O. The third-order valence-corrected chi connectivity index (χ3v) is 4.03. The highest BCUT2D eigenvalue weighted by Crippen LogP contribution is 2.22. The summed E-state index contributed by atoms with van der Waals surface area (Å²) in [5, 5.41) is 6.28. The number of halogens is 3. The van der Waals surface area contributed by atoms with Gasteiger partial charge in [-0.25, -0.2) is 4.39 Å². The summed E-state index contributed by atoms with van der Waals surface area (Å²) in [5.41, 5.74) is 0.327. The summed E-state index contributed by atoms with van der Waals surface area (Å²) in [6.07, 6.45) is 1.99. The van der Waals surface area contributed by atoms with Gasteiger partial charge in [0.25, 0.3) is 5.91 Å². The van der Waals surface area contributed by atoms with E-state index in [0.717, 1.165) is 25.9 Å². The van der Waals surface area contributed by atoms with Crippen molar-refractivity contribution >= 4 is 40.1 Å². The minimum atomic E-state index is -0.406. The Balaban J connectivity index is 2.10. The van der Waals surface area contributed by atoms with Gasteiger partial charge in [-0.2, -0.15) is 0 Å². The lowest BCUT2D eigenvalue weighted by atomic mass is 10.1. The number of hydrogen-bond donors (Lipinski definition) is 2. The highest BCUT2D eigenvalue weighted by molar-refractivity contribution is 14.1. The zero-order valence-corrected chi connectivity index (χ0v) is 12.5. The highest BCUT2D eigenvalue weighted by atomic mass is 127. The minimum absolute atomic E-state index is 0.116. The molecule has 0 aromatic heterocycles. The molecule has 0 saturated carbocycles. The monoisotopic (exact) mass is 382 g/mol. The highest BCUT2D eigenvalue weighted by Gasteiger charge is 2.19. The maximum absolute atomic E-state index is 13.2. The van der Waals surface area contributed by atoms with Crippen LogP contribution in [-0.2, 0) is 0 Å². The summed E-state index contributed by atoms with van der Waals surface area (Å²) in [4.78, 5) is 12.0. The summed E-state index contributed by atoms with van der Waals surface area (Å²) in [5.74, 6) is -0.650. The summed E-state index contributed by atoms with van der Waals surface area (Å²) < 4.78 is 13.6. The maximum atomic E-state index is 13.2. The van der Waals surface area contributed by atoms with Crippen LogP contribution in [0.25, 0.3) is 0 Å². The fraction of sp³-hybridized carbons (Fsp3) is 0.417. The van der Waals surface area contributed by atoms with Crippen LogP contribution in [-0.4, -0.2) is 25.0 Å². The van der Waals surface area contributed by atoms with Crippen LogP contribution >= 0.6 is 34.2 Å². The van der Waals surface area contributed by atoms with Crippen LogP contribution in [0.2, 0.25) is 5.02 Å². The van der Waals surface area contributed by atoms with Gasteiger partial charge < -0.3 is 10.6 Å². The molecule has 98 valence electrons. The molecule has 1 atom stereocenters. The third kappa shape index (κ3) is 3.33. The van der Waals surface area contributed by atoms with Gasteiger partial charge in [-0.05, 0) is 54.1 Å². The number of piperidine rings is 1. The van der Waals surface area contributed by atoms with E-state index in [1.54, 1.807) is 0 Å². The van der Waals surface area contributed by atoms with Gasteiger partial charge >= 0.3 is 0 Å². The van der Waals surface area contributed by atoms with E-state index in [0.29, 0.717) is 9.13 Å². The maximum Gasteiger partial charge on any atom is 0.253 e. The van der Waals surface area contributed by atoms with Crippen molar-refractivity contribution in [2.45, 2.75) is 18.9 Å². The number of carbonyl (C=O) groups excluding carboxylic acids is 1. The van der Waals surface area contributed by atoms with E-state index in [-0.39, 0.29) is 17.0 Å². The van der Waals surface area contributed by atoms with E-state index in [1.807, 2.05) is 22.6 Å².